The number of carboxylic acid groups (broad SMARTS) is 1. The molecule has 3 aromatic rings. The third-order valence-corrected chi connectivity index (χ3v) is 3.72. The lowest BCUT2D eigenvalue weighted by molar-refractivity contribution is 0.204. The van der Waals surface area contributed by atoms with Crippen molar-refractivity contribution < 1.29 is 9.90 Å². The van der Waals surface area contributed by atoms with Gasteiger partial charge in [-0.05, 0) is 36.4 Å². The molecule has 0 unspecified atom stereocenters. The van der Waals surface area contributed by atoms with Gasteiger partial charge < -0.3 is 15.3 Å². The van der Waals surface area contributed by atoms with Crippen molar-refractivity contribution in [3.8, 4) is 0 Å². The molecule has 0 saturated heterocycles. The lowest BCUT2D eigenvalue weighted by Crippen LogP contribution is -2.24. The van der Waals surface area contributed by atoms with Gasteiger partial charge in [-0.2, -0.15) is 4.98 Å². The van der Waals surface area contributed by atoms with Crippen molar-refractivity contribution in [1.29, 1.82) is 0 Å². The number of benzene rings is 2. The molecule has 0 spiro atoms. The van der Waals surface area contributed by atoms with Crippen molar-refractivity contribution in [2.24, 2.45) is 0 Å². The summed E-state index contributed by atoms with van der Waals surface area (Å²) in [6, 6.07) is 18.1. The van der Waals surface area contributed by atoms with Crippen molar-refractivity contribution in [2.75, 3.05) is 29.2 Å². The summed E-state index contributed by atoms with van der Waals surface area (Å²) >= 11 is 0. The standard InChI is InChI=1S/C19H19N5O2/c1-23(2)15-10-8-14(9-11-15)21-18-20-13-12-17(22-18)24(19(25)26)16-6-4-3-5-7-16/h3-13H,1-2H3,(H,25,26)(H,20,21,22). The quantitative estimate of drug-likeness (QED) is 0.722. The highest BCUT2D eigenvalue weighted by Gasteiger charge is 2.18. The van der Waals surface area contributed by atoms with E-state index < -0.39 is 6.09 Å². The molecule has 26 heavy (non-hydrogen) atoms. The van der Waals surface area contributed by atoms with Gasteiger partial charge >= 0.3 is 6.09 Å². The molecule has 1 heterocycles. The Morgan fingerprint density at radius 1 is 0.962 bits per heavy atom. The van der Waals surface area contributed by atoms with Gasteiger partial charge in [-0.1, -0.05) is 18.2 Å². The van der Waals surface area contributed by atoms with Crippen LogP contribution in [0.15, 0.2) is 66.9 Å². The Balaban J connectivity index is 1.86. The molecule has 0 saturated carbocycles. The van der Waals surface area contributed by atoms with Crippen LogP contribution in [0.1, 0.15) is 0 Å². The number of rotatable bonds is 5. The highest BCUT2D eigenvalue weighted by Crippen LogP contribution is 2.25. The van der Waals surface area contributed by atoms with Crippen LogP contribution in [0.2, 0.25) is 0 Å². The lowest BCUT2D eigenvalue weighted by Gasteiger charge is -2.18. The predicted molar refractivity (Wildman–Crippen MR) is 103 cm³/mol. The topological polar surface area (TPSA) is 81.6 Å². The maximum absolute atomic E-state index is 11.7. The molecule has 2 aromatic carbocycles. The van der Waals surface area contributed by atoms with Crippen LogP contribution in [-0.4, -0.2) is 35.3 Å². The molecule has 1 amide bonds. The minimum absolute atomic E-state index is 0.270. The number of para-hydroxylation sites is 1. The second-order valence-corrected chi connectivity index (χ2v) is 5.76. The van der Waals surface area contributed by atoms with E-state index in [1.54, 1.807) is 30.3 Å². The molecule has 0 fully saturated rings. The number of aromatic nitrogens is 2. The summed E-state index contributed by atoms with van der Waals surface area (Å²) in [6.45, 7) is 0. The van der Waals surface area contributed by atoms with E-state index in [9.17, 15) is 9.90 Å². The summed E-state index contributed by atoms with van der Waals surface area (Å²) in [5.74, 6) is 0.591. The van der Waals surface area contributed by atoms with E-state index in [0.29, 0.717) is 11.6 Å². The van der Waals surface area contributed by atoms with Gasteiger partial charge in [0.15, 0.2) is 0 Å². The van der Waals surface area contributed by atoms with Gasteiger partial charge in [-0.15, -0.1) is 0 Å². The maximum atomic E-state index is 11.7. The van der Waals surface area contributed by atoms with Crippen LogP contribution >= 0.6 is 0 Å². The SMILES string of the molecule is CN(C)c1ccc(Nc2nccc(N(C(=O)O)c3ccccc3)n2)cc1. The summed E-state index contributed by atoms with van der Waals surface area (Å²) < 4.78 is 0. The Kier molecular flexibility index (Phi) is 4.98. The summed E-state index contributed by atoms with van der Waals surface area (Å²) in [5.41, 5.74) is 2.40. The van der Waals surface area contributed by atoms with Crippen molar-refractivity contribution >= 4 is 34.9 Å². The first-order valence-corrected chi connectivity index (χ1v) is 8.00. The van der Waals surface area contributed by atoms with Crippen molar-refractivity contribution in [1.82, 2.24) is 9.97 Å². The normalized spacial score (nSPS) is 10.2. The fourth-order valence-corrected chi connectivity index (χ4v) is 2.42. The molecule has 2 N–H and O–H groups in total. The van der Waals surface area contributed by atoms with Crippen molar-refractivity contribution in [2.45, 2.75) is 0 Å². The van der Waals surface area contributed by atoms with Gasteiger partial charge in [0.05, 0.1) is 5.69 Å². The first-order valence-electron chi connectivity index (χ1n) is 8.00. The van der Waals surface area contributed by atoms with Gasteiger partial charge in [-0.25, -0.2) is 14.7 Å². The van der Waals surface area contributed by atoms with Crippen LogP contribution in [0.25, 0.3) is 0 Å². The third kappa shape index (κ3) is 3.89. The molecule has 132 valence electrons. The number of nitrogens with one attached hydrogen (secondary N) is 1. The molecule has 0 aliphatic rings. The minimum atomic E-state index is -1.11. The summed E-state index contributed by atoms with van der Waals surface area (Å²) in [7, 11) is 3.94. The van der Waals surface area contributed by atoms with Crippen molar-refractivity contribution in [3.63, 3.8) is 0 Å². The monoisotopic (exact) mass is 349 g/mol. The van der Waals surface area contributed by atoms with Crippen LogP contribution in [0, 0.1) is 0 Å². The van der Waals surface area contributed by atoms with Crippen LogP contribution < -0.4 is 15.1 Å². The molecule has 7 heteroatoms. The number of hydrogen-bond donors (Lipinski definition) is 2. The Bertz CT molecular complexity index is 882. The Labute approximate surface area is 151 Å². The van der Waals surface area contributed by atoms with E-state index in [4.69, 9.17) is 0 Å². The van der Waals surface area contributed by atoms with Crippen molar-refractivity contribution in [3.05, 3.63) is 66.9 Å². The Morgan fingerprint density at radius 3 is 2.27 bits per heavy atom. The average Bonchev–Trinajstić information content (AvgIpc) is 2.63. The largest absolute Gasteiger partial charge is 0.464 e. The van der Waals surface area contributed by atoms with E-state index in [-0.39, 0.29) is 5.82 Å². The first kappa shape index (κ1) is 17.2. The average molecular weight is 349 g/mol. The van der Waals surface area contributed by atoms with Gasteiger partial charge in [0.2, 0.25) is 5.95 Å². The molecule has 0 aliphatic carbocycles. The molecule has 0 bridgehead atoms. The zero-order valence-corrected chi connectivity index (χ0v) is 14.5. The Hall–Kier alpha value is -3.61. The second kappa shape index (κ2) is 7.52. The fourth-order valence-electron chi connectivity index (χ4n) is 2.42. The minimum Gasteiger partial charge on any atom is -0.464 e. The molecule has 0 atom stereocenters. The smallest absolute Gasteiger partial charge is 0.417 e. The highest BCUT2D eigenvalue weighted by molar-refractivity contribution is 5.93. The lowest BCUT2D eigenvalue weighted by atomic mass is 10.2. The van der Waals surface area contributed by atoms with Crippen LogP contribution in [0.4, 0.5) is 33.6 Å². The third-order valence-electron chi connectivity index (χ3n) is 3.72. The zero-order valence-electron chi connectivity index (χ0n) is 14.5. The number of anilines is 5. The van der Waals surface area contributed by atoms with Gasteiger partial charge in [0.1, 0.15) is 5.82 Å². The van der Waals surface area contributed by atoms with E-state index in [2.05, 4.69) is 15.3 Å². The zero-order chi connectivity index (χ0) is 18.5. The highest BCUT2D eigenvalue weighted by atomic mass is 16.4. The molecule has 0 aliphatic heterocycles. The number of amides is 1. The predicted octanol–water partition coefficient (Wildman–Crippen LogP) is 4.10. The maximum Gasteiger partial charge on any atom is 0.417 e. The molecule has 3 rings (SSSR count). The van der Waals surface area contributed by atoms with Gasteiger partial charge in [0.25, 0.3) is 0 Å². The van der Waals surface area contributed by atoms with Crippen LogP contribution in [0.3, 0.4) is 0 Å². The van der Waals surface area contributed by atoms with E-state index >= 15 is 0 Å². The number of nitrogens with zero attached hydrogens (tertiary/aromatic N) is 4. The molecular formula is C19H19N5O2. The molecule has 0 radical (unpaired) electrons. The summed E-state index contributed by atoms with van der Waals surface area (Å²) in [4.78, 5) is 23.3. The summed E-state index contributed by atoms with van der Waals surface area (Å²) in [6.07, 6.45) is 0.411. The van der Waals surface area contributed by atoms with Gasteiger partial charge in [0, 0.05) is 37.7 Å². The fraction of sp³-hybridized carbons (Fsp3) is 0.105. The van der Waals surface area contributed by atoms with Crippen LogP contribution in [-0.2, 0) is 0 Å². The van der Waals surface area contributed by atoms with Crippen LogP contribution in [0.5, 0.6) is 0 Å². The summed E-state index contributed by atoms with van der Waals surface area (Å²) in [5, 5.41) is 12.7. The molecule has 1 aromatic heterocycles. The first-order chi connectivity index (χ1) is 12.5. The number of carbonyl (C=O) groups is 1. The molecular weight excluding hydrogens is 330 g/mol. The second-order valence-electron chi connectivity index (χ2n) is 5.76. The Morgan fingerprint density at radius 2 is 1.65 bits per heavy atom. The van der Waals surface area contributed by atoms with E-state index in [1.165, 1.54) is 6.20 Å². The van der Waals surface area contributed by atoms with E-state index in [1.807, 2.05) is 49.3 Å². The number of hydrogen-bond acceptors (Lipinski definition) is 5. The van der Waals surface area contributed by atoms with Gasteiger partial charge in [-0.3, -0.25) is 0 Å². The van der Waals surface area contributed by atoms with E-state index in [0.717, 1.165) is 16.3 Å². The molecule has 7 nitrogen and oxygen atoms in total.